The molecular formula is C9H15NO5. The molecule has 1 fully saturated rings. The molecule has 1 atom stereocenters. The van der Waals surface area contributed by atoms with E-state index in [1.54, 1.807) is 4.90 Å². The Morgan fingerprint density at radius 2 is 2.27 bits per heavy atom. The molecule has 0 bridgehead atoms. The van der Waals surface area contributed by atoms with Crippen molar-refractivity contribution in [3.8, 4) is 0 Å². The first-order chi connectivity index (χ1) is 7.11. The van der Waals surface area contributed by atoms with Crippen molar-refractivity contribution in [2.75, 3.05) is 33.0 Å². The molecule has 0 saturated carbocycles. The fourth-order valence-electron chi connectivity index (χ4n) is 1.41. The van der Waals surface area contributed by atoms with E-state index in [0.717, 1.165) is 0 Å². The summed E-state index contributed by atoms with van der Waals surface area (Å²) in [7, 11) is 0. The summed E-state index contributed by atoms with van der Waals surface area (Å²) >= 11 is 0. The average Bonchev–Trinajstić information content (AvgIpc) is 2.17. The highest BCUT2D eigenvalue weighted by Crippen LogP contribution is 2.06. The predicted octanol–water partition coefficient (Wildman–Crippen LogP) is -0.665. The highest BCUT2D eigenvalue weighted by Gasteiger charge is 2.23. The number of hydrogen-bond donors (Lipinski definition) is 1. The number of nitrogens with zero attached hydrogens (tertiary/aromatic N) is 1. The molecule has 15 heavy (non-hydrogen) atoms. The number of ether oxygens (including phenoxy) is 2. The summed E-state index contributed by atoms with van der Waals surface area (Å²) in [5.41, 5.74) is 0. The van der Waals surface area contributed by atoms with E-state index in [-0.39, 0.29) is 18.6 Å². The molecule has 0 aromatic rings. The van der Waals surface area contributed by atoms with Gasteiger partial charge in [0.25, 0.3) is 0 Å². The van der Waals surface area contributed by atoms with Gasteiger partial charge in [-0.1, -0.05) is 0 Å². The molecule has 1 amide bonds. The molecule has 0 aliphatic carbocycles. The minimum atomic E-state index is -1.07. The van der Waals surface area contributed by atoms with Crippen molar-refractivity contribution >= 4 is 11.9 Å². The zero-order chi connectivity index (χ0) is 11.3. The second-order valence-electron chi connectivity index (χ2n) is 3.40. The lowest BCUT2D eigenvalue weighted by Gasteiger charge is -2.33. The van der Waals surface area contributed by atoms with Crippen LogP contribution in [0.4, 0.5) is 0 Å². The number of carboxylic acids is 1. The molecule has 1 rings (SSSR count). The smallest absolute Gasteiger partial charge is 0.329 e. The number of carbonyl (C=O) groups excluding carboxylic acids is 1. The quantitative estimate of drug-likeness (QED) is 0.676. The third kappa shape index (κ3) is 3.85. The summed E-state index contributed by atoms with van der Waals surface area (Å²) in [6, 6.07) is 0.0275. The van der Waals surface area contributed by atoms with Gasteiger partial charge in [-0.3, -0.25) is 4.79 Å². The van der Waals surface area contributed by atoms with E-state index < -0.39 is 12.6 Å². The topological polar surface area (TPSA) is 76.1 Å². The van der Waals surface area contributed by atoms with Gasteiger partial charge in [-0.2, -0.15) is 0 Å². The first-order valence-electron chi connectivity index (χ1n) is 4.78. The second kappa shape index (κ2) is 5.67. The Morgan fingerprint density at radius 3 is 2.87 bits per heavy atom. The number of hydrogen-bond acceptors (Lipinski definition) is 4. The van der Waals surface area contributed by atoms with Crippen molar-refractivity contribution < 1.29 is 24.2 Å². The molecule has 0 radical (unpaired) electrons. The number of amides is 1. The summed E-state index contributed by atoms with van der Waals surface area (Å²) in [5, 5.41) is 8.32. The zero-order valence-corrected chi connectivity index (χ0v) is 8.64. The highest BCUT2D eigenvalue weighted by atomic mass is 16.5. The maximum atomic E-state index is 11.5. The van der Waals surface area contributed by atoms with Gasteiger partial charge in [0.05, 0.1) is 19.3 Å². The van der Waals surface area contributed by atoms with Gasteiger partial charge in [0.1, 0.15) is 13.2 Å². The van der Waals surface area contributed by atoms with Crippen LogP contribution >= 0.6 is 0 Å². The van der Waals surface area contributed by atoms with E-state index in [4.69, 9.17) is 14.6 Å². The van der Waals surface area contributed by atoms with Crippen LogP contribution in [-0.4, -0.2) is 60.9 Å². The van der Waals surface area contributed by atoms with Crippen molar-refractivity contribution in [2.24, 2.45) is 0 Å². The van der Waals surface area contributed by atoms with Crippen LogP contribution in [-0.2, 0) is 19.1 Å². The number of rotatable bonds is 4. The van der Waals surface area contributed by atoms with E-state index in [0.29, 0.717) is 19.8 Å². The Hall–Kier alpha value is -1.14. The molecule has 0 spiro atoms. The molecular weight excluding hydrogens is 202 g/mol. The first-order valence-corrected chi connectivity index (χ1v) is 4.78. The highest BCUT2D eigenvalue weighted by molar-refractivity contribution is 5.78. The lowest BCUT2D eigenvalue weighted by atomic mass is 10.2. The Kier molecular flexibility index (Phi) is 4.51. The summed E-state index contributed by atoms with van der Waals surface area (Å²) in [6.07, 6.45) is 0. The summed E-state index contributed by atoms with van der Waals surface area (Å²) in [4.78, 5) is 23.3. The van der Waals surface area contributed by atoms with Gasteiger partial charge in [0.15, 0.2) is 0 Å². The first kappa shape index (κ1) is 11.9. The molecule has 86 valence electrons. The van der Waals surface area contributed by atoms with Crippen LogP contribution in [0, 0.1) is 0 Å². The molecule has 0 unspecified atom stereocenters. The second-order valence-corrected chi connectivity index (χ2v) is 3.40. The van der Waals surface area contributed by atoms with Crippen molar-refractivity contribution in [3.63, 3.8) is 0 Å². The largest absolute Gasteiger partial charge is 0.480 e. The minimum absolute atomic E-state index is 0.0275. The number of aliphatic carboxylic acids is 1. The van der Waals surface area contributed by atoms with Crippen LogP contribution in [0.25, 0.3) is 0 Å². The summed E-state index contributed by atoms with van der Waals surface area (Å²) < 4.78 is 9.90. The molecule has 1 N–H and O–H groups in total. The monoisotopic (exact) mass is 217 g/mol. The SMILES string of the molecule is C[C@@H]1COCCN1C(=O)COCC(=O)O. The third-order valence-electron chi connectivity index (χ3n) is 2.14. The van der Waals surface area contributed by atoms with Crippen molar-refractivity contribution in [2.45, 2.75) is 13.0 Å². The van der Waals surface area contributed by atoms with Gasteiger partial charge in [-0.05, 0) is 6.92 Å². The molecule has 0 aromatic heterocycles. The normalized spacial score (nSPS) is 21.4. The van der Waals surface area contributed by atoms with Crippen molar-refractivity contribution in [3.05, 3.63) is 0 Å². The van der Waals surface area contributed by atoms with E-state index >= 15 is 0 Å². The number of morpholine rings is 1. The van der Waals surface area contributed by atoms with E-state index in [1.165, 1.54) is 0 Å². The van der Waals surface area contributed by atoms with Crippen LogP contribution in [0.2, 0.25) is 0 Å². The van der Waals surface area contributed by atoms with E-state index in [2.05, 4.69) is 0 Å². The Morgan fingerprint density at radius 1 is 1.53 bits per heavy atom. The fraction of sp³-hybridized carbons (Fsp3) is 0.778. The molecule has 0 aromatic carbocycles. The maximum Gasteiger partial charge on any atom is 0.329 e. The van der Waals surface area contributed by atoms with Gasteiger partial charge < -0.3 is 19.5 Å². The van der Waals surface area contributed by atoms with Crippen molar-refractivity contribution in [1.82, 2.24) is 4.90 Å². The number of carbonyl (C=O) groups is 2. The molecule has 1 saturated heterocycles. The molecule has 1 aliphatic heterocycles. The number of carboxylic acid groups (broad SMARTS) is 1. The minimum Gasteiger partial charge on any atom is -0.480 e. The maximum absolute atomic E-state index is 11.5. The Balaban J connectivity index is 2.29. The van der Waals surface area contributed by atoms with Crippen LogP contribution < -0.4 is 0 Å². The predicted molar refractivity (Wildman–Crippen MR) is 50.4 cm³/mol. The third-order valence-corrected chi connectivity index (χ3v) is 2.14. The Labute approximate surface area is 87.8 Å². The van der Waals surface area contributed by atoms with Crippen LogP contribution in [0.15, 0.2) is 0 Å². The zero-order valence-electron chi connectivity index (χ0n) is 8.64. The summed E-state index contributed by atoms with van der Waals surface area (Å²) in [5.74, 6) is -1.26. The lowest BCUT2D eigenvalue weighted by molar-refractivity contribution is -0.149. The lowest BCUT2D eigenvalue weighted by Crippen LogP contribution is -2.48. The Bertz CT molecular complexity index is 243. The van der Waals surface area contributed by atoms with Gasteiger partial charge in [-0.15, -0.1) is 0 Å². The van der Waals surface area contributed by atoms with Gasteiger partial charge in [0, 0.05) is 6.54 Å². The average molecular weight is 217 g/mol. The van der Waals surface area contributed by atoms with Crippen LogP contribution in [0.3, 0.4) is 0 Å². The molecule has 1 aliphatic rings. The molecule has 6 heteroatoms. The van der Waals surface area contributed by atoms with Gasteiger partial charge in [0.2, 0.25) is 5.91 Å². The van der Waals surface area contributed by atoms with Gasteiger partial charge in [-0.25, -0.2) is 4.79 Å². The molecule has 1 heterocycles. The van der Waals surface area contributed by atoms with Gasteiger partial charge >= 0.3 is 5.97 Å². The molecule has 6 nitrogen and oxygen atoms in total. The summed E-state index contributed by atoms with van der Waals surface area (Å²) in [6.45, 7) is 2.84. The van der Waals surface area contributed by atoms with E-state index in [1.807, 2.05) is 6.92 Å². The van der Waals surface area contributed by atoms with Crippen LogP contribution in [0.1, 0.15) is 6.92 Å². The standard InChI is InChI=1S/C9H15NO5/c1-7-4-14-3-2-10(7)8(11)5-15-6-9(12)13/h7H,2-6H2,1H3,(H,12,13)/t7-/m1/s1. The fourth-order valence-corrected chi connectivity index (χ4v) is 1.41. The van der Waals surface area contributed by atoms with Crippen molar-refractivity contribution in [1.29, 1.82) is 0 Å². The van der Waals surface area contributed by atoms with Crippen LogP contribution in [0.5, 0.6) is 0 Å². The van der Waals surface area contributed by atoms with E-state index in [9.17, 15) is 9.59 Å².